The third-order valence-corrected chi connectivity index (χ3v) is 1.81. The van der Waals surface area contributed by atoms with Crippen LogP contribution in [0.1, 0.15) is 31.1 Å². The van der Waals surface area contributed by atoms with Gasteiger partial charge in [0.1, 0.15) is 5.75 Å². The largest absolute Gasteiger partial charge is 0.508 e. The minimum absolute atomic E-state index is 0.0470. The average Bonchev–Trinajstić information content (AvgIpc) is 2.29. The molecule has 0 aromatic heterocycles. The Bertz CT molecular complexity index is 445. The van der Waals surface area contributed by atoms with Gasteiger partial charge in [0, 0.05) is 5.57 Å². The molecule has 104 valence electrons. The third-order valence-electron chi connectivity index (χ3n) is 1.81. The van der Waals surface area contributed by atoms with Crippen molar-refractivity contribution in [3.63, 3.8) is 0 Å². The molecule has 1 aromatic carbocycles. The number of carbonyl (C=O) groups excluding carboxylic acids is 1. The summed E-state index contributed by atoms with van der Waals surface area (Å²) in [5.41, 5.74) is 0.626. The highest BCUT2D eigenvalue weighted by Gasteiger charge is 2.03. The van der Waals surface area contributed by atoms with E-state index in [0.717, 1.165) is 0 Å². The van der Waals surface area contributed by atoms with Crippen LogP contribution in [0.2, 0.25) is 0 Å². The Kier molecular flexibility index (Phi) is 6.96. The number of rotatable bonds is 3. The minimum Gasteiger partial charge on any atom is -0.508 e. The van der Waals surface area contributed by atoms with Gasteiger partial charge in [-0.05, 0) is 45.0 Å². The van der Waals surface area contributed by atoms with E-state index in [1.165, 1.54) is 24.3 Å². The van der Waals surface area contributed by atoms with Crippen molar-refractivity contribution in [2.24, 2.45) is 0 Å². The zero-order valence-corrected chi connectivity index (χ0v) is 11.2. The molecule has 5 nitrogen and oxygen atoms in total. The van der Waals surface area contributed by atoms with E-state index in [-0.39, 0.29) is 23.4 Å². The number of aromatic carboxylic acids is 1. The smallest absolute Gasteiger partial charge is 0.335 e. The molecule has 0 bridgehead atoms. The number of ether oxygens (including phenoxy) is 1. The van der Waals surface area contributed by atoms with E-state index in [9.17, 15) is 9.59 Å². The van der Waals surface area contributed by atoms with Crippen LogP contribution >= 0.6 is 0 Å². The van der Waals surface area contributed by atoms with Gasteiger partial charge in [-0.2, -0.15) is 0 Å². The van der Waals surface area contributed by atoms with Gasteiger partial charge in [0.2, 0.25) is 0 Å². The lowest BCUT2D eigenvalue weighted by Gasteiger charge is -2.05. The molecule has 0 fully saturated rings. The van der Waals surface area contributed by atoms with Crippen LogP contribution in [0.5, 0.6) is 5.75 Å². The standard InChI is InChI=1S/C7H6O3.C7H12O2/c8-6-3-1-5(2-4-6)7(9)10;1-5(2)7(8)9-6(3)4/h1-4,8H,(H,9,10);6H,1H2,2-4H3. The fraction of sp³-hybridized carbons (Fsp3) is 0.286. The number of esters is 1. The molecule has 0 saturated carbocycles. The highest BCUT2D eigenvalue weighted by Crippen LogP contribution is 2.08. The van der Waals surface area contributed by atoms with E-state index in [1.807, 2.05) is 0 Å². The van der Waals surface area contributed by atoms with Gasteiger partial charge in [0.15, 0.2) is 0 Å². The van der Waals surface area contributed by atoms with Crippen LogP contribution in [0.3, 0.4) is 0 Å². The minimum atomic E-state index is -0.986. The molecule has 0 radical (unpaired) electrons. The maximum atomic E-state index is 10.6. The highest BCUT2D eigenvalue weighted by atomic mass is 16.5. The summed E-state index contributed by atoms with van der Waals surface area (Å²) < 4.78 is 4.77. The number of aromatic hydroxyl groups is 1. The fourth-order valence-electron chi connectivity index (χ4n) is 0.919. The van der Waals surface area contributed by atoms with Crippen LogP contribution in [0.25, 0.3) is 0 Å². The van der Waals surface area contributed by atoms with Crippen molar-refractivity contribution < 1.29 is 24.5 Å². The van der Waals surface area contributed by atoms with Crippen molar-refractivity contribution >= 4 is 11.9 Å². The van der Waals surface area contributed by atoms with Gasteiger partial charge in [0.25, 0.3) is 0 Å². The molecule has 19 heavy (non-hydrogen) atoms. The first kappa shape index (κ1) is 16.7. The molecular formula is C14H18O5. The normalized spacial score (nSPS) is 9.26. The number of hydrogen-bond donors (Lipinski definition) is 2. The number of carbonyl (C=O) groups is 2. The van der Waals surface area contributed by atoms with Gasteiger partial charge in [-0.25, -0.2) is 9.59 Å². The number of phenolic OH excluding ortho intramolecular Hbond substituents is 1. The second kappa shape index (κ2) is 7.92. The summed E-state index contributed by atoms with van der Waals surface area (Å²) in [6, 6.07) is 5.36. The number of benzene rings is 1. The molecule has 0 spiro atoms. The summed E-state index contributed by atoms with van der Waals surface area (Å²) in [4.78, 5) is 20.9. The SMILES string of the molecule is C=C(C)C(=O)OC(C)C.O=C(O)c1ccc(O)cc1. The van der Waals surface area contributed by atoms with Gasteiger partial charge in [-0.15, -0.1) is 0 Å². The Balaban J connectivity index is 0.000000344. The molecule has 0 atom stereocenters. The van der Waals surface area contributed by atoms with E-state index in [2.05, 4.69) is 6.58 Å². The van der Waals surface area contributed by atoms with Crippen molar-refractivity contribution in [1.29, 1.82) is 0 Å². The first-order chi connectivity index (χ1) is 8.73. The first-order valence-corrected chi connectivity index (χ1v) is 5.62. The van der Waals surface area contributed by atoms with Crippen molar-refractivity contribution in [3.05, 3.63) is 42.0 Å². The number of carboxylic acids is 1. The predicted octanol–water partition coefficient (Wildman–Crippen LogP) is 2.60. The fourth-order valence-corrected chi connectivity index (χ4v) is 0.919. The van der Waals surface area contributed by atoms with E-state index in [4.69, 9.17) is 14.9 Å². The molecule has 0 saturated heterocycles. The number of hydrogen-bond acceptors (Lipinski definition) is 4. The van der Waals surface area contributed by atoms with E-state index in [1.54, 1.807) is 20.8 Å². The molecule has 2 N–H and O–H groups in total. The van der Waals surface area contributed by atoms with Crippen molar-refractivity contribution in [3.8, 4) is 5.75 Å². The van der Waals surface area contributed by atoms with Crippen LogP contribution < -0.4 is 0 Å². The molecule has 1 aromatic rings. The van der Waals surface area contributed by atoms with Gasteiger partial charge >= 0.3 is 11.9 Å². The summed E-state index contributed by atoms with van der Waals surface area (Å²) in [6.07, 6.45) is -0.0470. The van der Waals surface area contributed by atoms with Gasteiger partial charge in [-0.3, -0.25) is 0 Å². The second-order valence-electron chi connectivity index (χ2n) is 4.09. The van der Waals surface area contributed by atoms with Crippen molar-refractivity contribution in [1.82, 2.24) is 0 Å². The Hall–Kier alpha value is -2.30. The lowest BCUT2D eigenvalue weighted by Crippen LogP contribution is -2.11. The Labute approximate surface area is 112 Å². The third kappa shape index (κ3) is 7.59. The maximum Gasteiger partial charge on any atom is 0.335 e. The predicted molar refractivity (Wildman–Crippen MR) is 71.1 cm³/mol. The number of carboxylic acid groups (broad SMARTS) is 1. The average molecular weight is 266 g/mol. The Morgan fingerprint density at radius 2 is 1.68 bits per heavy atom. The van der Waals surface area contributed by atoms with Crippen LogP contribution in [0.15, 0.2) is 36.4 Å². The monoisotopic (exact) mass is 266 g/mol. The highest BCUT2D eigenvalue weighted by molar-refractivity contribution is 5.87. The van der Waals surface area contributed by atoms with Crippen LogP contribution in [0.4, 0.5) is 0 Å². The summed E-state index contributed by atoms with van der Waals surface area (Å²) in [6.45, 7) is 8.68. The quantitative estimate of drug-likeness (QED) is 0.649. The molecule has 1 rings (SSSR count). The second-order valence-corrected chi connectivity index (χ2v) is 4.09. The zero-order valence-electron chi connectivity index (χ0n) is 11.2. The summed E-state index contributed by atoms with van der Waals surface area (Å²) >= 11 is 0. The van der Waals surface area contributed by atoms with E-state index >= 15 is 0 Å². The molecule has 0 aliphatic rings. The van der Waals surface area contributed by atoms with Gasteiger partial charge in [-0.1, -0.05) is 6.58 Å². The first-order valence-electron chi connectivity index (χ1n) is 5.62. The summed E-state index contributed by atoms with van der Waals surface area (Å²) in [5.74, 6) is -1.23. The topological polar surface area (TPSA) is 83.8 Å². The lowest BCUT2D eigenvalue weighted by molar-refractivity contribution is -0.142. The molecule has 0 amide bonds. The molecule has 0 aliphatic carbocycles. The molecule has 5 heteroatoms. The maximum absolute atomic E-state index is 10.6. The van der Waals surface area contributed by atoms with Crippen LogP contribution in [-0.2, 0) is 9.53 Å². The molecule has 0 unspecified atom stereocenters. The van der Waals surface area contributed by atoms with Crippen LogP contribution in [-0.4, -0.2) is 28.3 Å². The Morgan fingerprint density at radius 1 is 1.21 bits per heavy atom. The molecular weight excluding hydrogens is 248 g/mol. The van der Waals surface area contributed by atoms with Crippen molar-refractivity contribution in [2.45, 2.75) is 26.9 Å². The zero-order chi connectivity index (χ0) is 15.0. The van der Waals surface area contributed by atoms with Gasteiger partial charge in [0.05, 0.1) is 11.7 Å². The summed E-state index contributed by atoms with van der Waals surface area (Å²) in [7, 11) is 0. The molecule has 0 heterocycles. The molecule has 0 aliphatic heterocycles. The van der Waals surface area contributed by atoms with Gasteiger partial charge < -0.3 is 14.9 Å². The van der Waals surface area contributed by atoms with E-state index in [0.29, 0.717) is 5.57 Å². The number of phenols is 1. The summed E-state index contributed by atoms with van der Waals surface area (Å²) in [5, 5.41) is 17.1. The van der Waals surface area contributed by atoms with Crippen molar-refractivity contribution in [2.75, 3.05) is 0 Å². The Morgan fingerprint density at radius 3 is 1.95 bits per heavy atom. The lowest BCUT2D eigenvalue weighted by atomic mass is 10.2. The van der Waals surface area contributed by atoms with E-state index < -0.39 is 5.97 Å². The van der Waals surface area contributed by atoms with Crippen LogP contribution in [0, 0.1) is 0 Å².